The number of hydrogen-bond donors (Lipinski definition) is 0. The Hall–Kier alpha value is -0.960. The van der Waals surface area contributed by atoms with E-state index in [1.165, 1.54) is 0 Å². The minimum absolute atomic E-state index is 0.732. The van der Waals surface area contributed by atoms with Gasteiger partial charge in [0.15, 0.2) is 0 Å². The van der Waals surface area contributed by atoms with Gasteiger partial charge in [-0.3, -0.25) is 0 Å². The predicted molar refractivity (Wildman–Crippen MR) is 46.6 cm³/mol. The molecule has 0 aliphatic heterocycles. The highest BCUT2D eigenvalue weighted by Crippen LogP contribution is 1.99. The molecule has 0 aromatic carbocycles. The maximum Gasteiger partial charge on any atom is -0.0122 e. The zero-order chi connectivity index (χ0) is 7.82. The molecule has 0 unspecified atom stereocenters. The SMILES string of the molecule is C#C/C=C\C=C/CC(C)C. The number of allylic oxidation sites excluding steroid dienone is 4. The Balaban J connectivity index is 3.40. The van der Waals surface area contributed by atoms with Crippen LogP contribution in [0.25, 0.3) is 0 Å². The molecule has 0 bridgehead atoms. The lowest BCUT2D eigenvalue weighted by Crippen LogP contribution is -1.80. The van der Waals surface area contributed by atoms with Gasteiger partial charge in [0, 0.05) is 0 Å². The van der Waals surface area contributed by atoms with Gasteiger partial charge in [0.1, 0.15) is 0 Å². The van der Waals surface area contributed by atoms with Gasteiger partial charge in [-0.25, -0.2) is 0 Å². The molecule has 0 aliphatic rings. The van der Waals surface area contributed by atoms with E-state index in [9.17, 15) is 0 Å². The number of terminal acetylenes is 1. The summed E-state index contributed by atoms with van der Waals surface area (Å²) in [6.07, 6.45) is 13.8. The smallest absolute Gasteiger partial charge is 0.0122 e. The molecule has 0 rings (SSSR count). The van der Waals surface area contributed by atoms with Crippen LogP contribution in [0.15, 0.2) is 24.3 Å². The third kappa shape index (κ3) is 7.04. The minimum atomic E-state index is 0.732. The quantitative estimate of drug-likeness (QED) is 0.411. The molecule has 0 N–H and O–H groups in total. The summed E-state index contributed by atoms with van der Waals surface area (Å²) < 4.78 is 0. The van der Waals surface area contributed by atoms with E-state index in [0.29, 0.717) is 0 Å². The van der Waals surface area contributed by atoms with E-state index >= 15 is 0 Å². The lowest BCUT2D eigenvalue weighted by atomic mass is 10.1. The van der Waals surface area contributed by atoms with Crippen LogP contribution in [0.2, 0.25) is 0 Å². The summed E-state index contributed by atoms with van der Waals surface area (Å²) in [7, 11) is 0. The largest absolute Gasteiger partial charge is 0.115 e. The topological polar surface area (TPSA) is 0 Å². The van der Waals surface area contributed by atoms with Gasteiger partial charge in [-0.15, -0.1) is 6.42 Å². The lowest BCUT2D eigenvalue weighted by Gasteiger charge is -1.94. The van der Waals surface area contributed by atoms with Crippen molar-refractivity contribution in [1.82, 2.24) is 0 Å². The van der Waals surface area contributed by atoms with Crippen molar-refractivity contribution in [2.45, 2.75) is 20.3 Å². The number of rotatable bonds is 3. The van der Waals surface area contributed by atoms with Gasteiger partial charge in [0.25, 0.3) is 0 Å². The fraction of sp³-hybridized carbons (Fsp3) is 0.400. The summed E-state index contributed by atoms with van der Waals surface area (Å²) in [4.78, 5) is 0. The van der Waals surface area contributed by atoms with Crippen molar-refractivity contribution >= 4 is 0 Å². The van der Waals surface area contributed by atoms with Crippen LogP contribution in [0.5, 0.6) is 0 Å². The van der Waals surface area contributed by atoms with E-state index in [1.807, 2.05) is 12.2 Å². The fourth-order valence-electron chi connectivity index (χ4n) is 0.540. The highest BCUT2D eigenvalue weighted by molar-refractivity contribution is 5.15. The zero-order valence-corrected chi connectivity index (χ0v) is 6.67. The maximum atomic E-state index is 5.00. The molecule has 0 aromatic rings. The molecule has 0 saturated heterocycles. The monoisotopic (exact) mass is 134 g/mol. The molecule has 0 heterocycles. The highest BCUT2D eigenvalue weighted by Gasteiger charge is 1.84. The highest BCUT2D eigenvalue weighted by atomic mass is 13.9. The molecule has 0 heteroatoms. The molecule has 0 amide bonds. The van der Waals surface area contributed by atoms with E-state index in [-0.39, 0.29) is 0 Å². The van der Waals surface area contributed by atoms with E-state index in [0.717, 1.165) is 12.3 Å². The Bertz CT molecular complexity index is 153. The Morgan fingerprint density at radius 2 is 2.10 bits per heavy atom. The normalized spacial score (nSPS) is 11.4. The third-order valence-corrected chi connectivity index (χ3v) is 1.05. The molecular formula is C10H14. The summed E-state index contributed by atoms with van der Waals surface area (Å²) in [5.74, 6) is 3.16. The van der Waals surface area contributed by atoms with Gasteiger partial charge >= 0.3 is 0 Å². The van der Waals surface area contributed by atoms with Gasteiger partial charge in [-0.2, -0.15) is 0 Å². The molecule has 0 spiro atoms. The molecule has 0 nitrogen and oxygen atoms in total. The van der Waals surface area contributed by atoms with Gasteiger partial charge in [-0.05, 0) is 18.4 Å². The summed E-state index contributed by atoms with van der Waals surface area (Å²) in [5.41, 5.74) is 0. The molecule has 0 radical (unpaired) electrons. The van der Waals surface area contributed by atoms with Crippen molar-refractivity contribution in [2.75, 3.05) is 0 Å². The Morgan fingerprint density at radius 1 is 1.40 bits per heavy atom. The van der Waals surface area contributed by atoms with Crippen molar-refractivity contribution in [1.29, 1.82) is 0 Å². The first kappa shape index (κ1) is 9.04. The minimum Gasteiger partial charge on any atom is -0.115 e. The first-order chi connectivity index (χ1) is 4.77. The second-order valence-corrected chi connectivity index (χ2v) is 2.58. The van der Waals surface area contributed by atoms with Crippen LogP contribution < -0.4 is 0 Å². The van der Waals surface area contributed by atoms with Crippen LogP contribution in [0.3, 0.4) is 0 Å². The van der Waals surface area contributed by atoms with Crippen molar-refractivity contribution in [3.8, 4) is 12.3 Å². The van der Waals surface area contributed by atoms with Crippen LogP contribution >= 0.6 is 0 Å². The van der Waals surface area contributed by atoms with Crippen LogP contribution in [0.1, 0.15) is 20.3 Å². The van der Waals surface area contributed by atoms with E-state index < -0.39 is 0 Å². The van der Waals surface area contributed by atoms with Crippen LogP contribution in [-0.4, -0.2) is 0 Å². The van der Waals surface area contributed by atoms with Crippen molar-refractivity contribution in [3.63, 3.8) is 0 Å². The first-order valence-electron chi connectivity index (χ1n) is 3.55. The standard InChI is InChI=1S/C10H14/c1-4-5-6-7-8-9-10(2)3/h1,5-8,10H,9H2,2-3H3/b6-5-,8-7-. The fourth-order valence-corrected chi connectivity index (χ4v) is 0.540. The van der Waals surface area contributed by atoms with Crippen molar-refractivity contribution in [2.24, 2.45) is 5.92 Å². The Kier molecular flexibility index (Phi) is 5.57. The van der Waals surface area contributed by atoms with Crippen molar-refractivity contribution in [3.05, 3.63) is 24.3 Å². The van der Waals surface area contributed by atoms with Gasteiger partial charge < -0.3 is 0 Å². The Labute approximate surface area is 63.6 Å². The van der Waals surface area contributed by atoms with Crippen molar-refractivity contribution < 1.29 is 0 Å². The van der Waals surface area contributed by atoms with Crippen LogP contribution in [0.4, 0.5) is 0 Å². The molecule has 0 atom stereocenters. The average molecular weight is 134 g/mol. The van der Waals surface area contributed by atoms with E-state index in [1.54, 1.807) is 6.08 Å². The first-order valence-corrected chi connectivity index (χ1v) is 3.55. The Morgan fingerprint density at radius 3 is 2.60 bits per heavy atom. The molecular weight excluding hydrogens is 120 g/mol. The number of hydrogen-bond acceptors (Lipinski definition) is 0. The van der Waals surface area contributed by atoms with Crippen LogP contribution in [-0.2, 0) is 0 Å². The summed E-state index contributed by atoms with van der Waals surface area (Å²) in [6.45, 7) is 4.38. The molecule has 0 saturated carbocycles. The average Bonchev–Trinajstić information content (AvgIpc) is 1.87. The van der Waals surface area contributed by atoms with Crippen LogP contribution in [0, 0.1) is 18.3 Å². The van der Waals surface area contributed by atoms with Gasteiger partial charge in [0.05, 0.1) is 0 Å². The van der Waals surface area contributed by atoms with Gasteiger partial charge in [0.2, 0.25) is 0 Å². The second-order valence-electron chi connectivity index (χ2n) is 2.58. The zero-order valence-electron chi connectivity index (χ0n) is 6.67. The molecule has 0 aromatic heterocycles. The predicted octanol–water partition coefficient (Wildman–Crippen LogP) is 2.78. The lowest BCUT2D eigenvalue weighted by molar-refractivity contribution is 0.664. The molecule has 54 valence electrons. The summed E-state index contributed by atoms with van der Waals surface area (Å²) in [6, 6.07) is 0. The summed E-state index contributed by atoms with van der Waals surface area (Å²) >= 11 is 0. The molecule has 0 fully saturated rings. The van der Waals surface area contributed by atoms with E-state index in [4.69, 9.17) is 6.42 Å². The third-order valence-electron chi connectivity index (χ3n) is 1.05. The molecule has 10 heavy (non-hydrogen) atoms. The second kappa shape index (κ2) is 6.16. The maximum absolute atomic E-state index is 5.00. The van der Waals surface area contributed by atoms with Gasteiger partial charge in [-0.1, -0.05) is 38.0 Å². The summed E-state index contributed by atoms with van der Waals surface area (Å²) in [5, 5.41) is 0. The molecule has 0 aliphatic carbocycles. The van der Waals surface area contributed by atoms with E-state index in [2.05, 4.69) is 25.8 Å².